The first kappa shape index (κ1) is 16.0. The van der Waals surface area contributed by atoms with Gasteiger partial charge in [0.1, 0.15) is 30.5 Å². The highest BCUT2D eigenvalue weighted by Crippen LogP contribution is 2.17. The van der Waals surface area contributed by atoms with E-state index in [0.717, 1.165) is 5.75 Å². The Morgan fingerprint density at radius 1 is 1.25 bits per heavy atom. The first-order valence-electron chi connectivity index (χ1n) is 7.43. The summed E-state index contributed by atoms with van der Waals surface area (Å²) >= 11 is 0. The number of aliphatic hydroxyl groups is 1. The van der Waals surface area contributed by atoms with Gasteiger partial charge < -0.3 is 19.1 Å². The summed E-state index contributed by atoms with van der Waals surface area (Å²) in [6, 6.07) is 8.57. The zero-order valence-electron chi connectivity index (χ0n) is 13.4. The Kier molecular flexibility index (Phi) is 4.48. The Hall–Kier alpha value is -2.87. The number of benzene rings is 1. The predicted molar refractivity (Wildman–Crippen MR) is 86.5 cm³/mol. The number of methoxy groups -OCH3 is 1. The molecule has 2 aromatic heterocycles. The van der Waals surface area contributed by atoms with Gasteiger partial charge in [-0.15, -0.1) is 0 Å². The lowest BCUT2D eigenvalue weighted by Gasteiger charge is -2.16. The Morgan fingerprint density at radius 2 is 1.96 bits per heavy atom. The van der Waals surface area contributed by atoms with E-state index in [0.29, 0.717) is 17.2 Å². The van der Waals surface area contributed by atoms with Gasteiger partial charge in [0, 0.05) is 11.8 Å². The van der Waals surface area contributed by atoms with Gasteiger partial charge in [-0.2, -0.15) is 14.6 Å². The summed E-state index contributed by atoms with van der Waals surface area (Å²) in [6.07, 6.45) is 0.543. The molecule has 3 aromatic rings. The Labute approximate surface area is 137 Å². The van der Waals surface area contributed by atoms with Crippen molar-refractivity contribution in [2.75, 3.05) is 13.7 Å². The molecule has 8 nitrogen and oxygen atoms in total. The van der Waals surface area contributed by atoms with Crippen LogP contribution in [0.25, 0.3) is 5.78 Å². The number of hydrogen-bond acceptors (Lipinski definition) is 6. The van der Waals surface area contributed by atoms with Crippen LogP contribution in [0.4, 0.5) is 0 Å². The quantitative estimate of drug-likeness (QED) is 0.713. The molecule has 0 bridgehead atoms. The van der Waals surface area contributed by atoms with Gasteiger partial charge in [-0.1, -0.05) is 0 Å². The molecule has 2 heterocycles. The highest BCUT2D eigenvalue weighted by atomic mass is 16.5. The molecule has 24 heavy (non-hydrogen) atoms. The van der Waals surface area contributed by atoms with Crippen molar-refractivity contribution < 1.29 is 14.6 Å². The largest absolute Gasteiger partial charge is 0.497 e. The standard InChI is InChI=1S/C16H18N4O4/c1-11-7-15(22)20-16(17-10-18-20)19(11)8-12(21)9-24-14-5-3-13(23-2)4-6-14/h3-7,10,12,21H,8-9H2,1-2H3/t12-/m0/s1. The van der Waals surface area contributed by atoms with Crippen molar-refractivity contribution in [2.45, 2.75) is 19.6 Å². The van der Waals surface area contributed by atoms with E-state index >= 15 is 0 Å². The summed E-state index contributed by atoms with van der Waals surface area (Å²) in [5, 5.41) is 14.1. The van der Waals surface area contributed by atoms with Crippen LogP contribution in [0.1, 0.15) is 5.69 Å². The molecule has 0 saturated carbocycles. The molecule has 0 radical (unpaired) electrons. The maximum Gasteiger partial charge on any atom is 0.275 e. The fraction of sp³-hybridized carbons (Fsp3) is 0.312. The molecule has 0 aliphatic rings. The first-order chi connectivity index (χ1) is 11.6. The second kappa shape index (κ2) is 6.71. The third-order valence-corrected chi connectivity index (χ3v) is 3.63. The van der Waals surface area contributed by atoms with Gasteiger partial charge in [-0.25, -0.2) is 0 Å². The van der Waals surface area contributed by atoms with Crippen molar-refractivity contribution in [3.8, 4) is 11.5 Å². The fourth-order valence-corrected chi connectivity index (χ4v) is 2.40. The lowest BCUT2D eigenvalue weighted by molar-refractivity contribution is 0.0924. The number of fused-ring (bicyclic) bond motifs is 1. The lowest BCUT2D eigenvalue weighted by Crippen LogP contribution is -2.28. The summed E-state index contributed by atoms with van der Waals surface area (Å²) in [6.45, 7) is 2.13. The average molecular weight is 330 g/mol. The van der Waals surface area contributed by atoms with Crippen molar-refractivity contribution in [1.82, 2.24) is 19.2 Å². The van der Waals surface area contributed by atoms with E-state index in [-0.39, 0.29) is 18.7 Å². The van der Waals surface area contributed by atoms with Gasteiger partial charge in [-0.3, -0.25) is 4.79 Å². The summed E-state index contributed by atoms with van der Waals surface area (Å²) in [4.78, 5) is 15.9. The second-order valence-electron chi connectivity index (χ2n) is 5.35. The van der Waals surface area contributed by atoms with Gasteiger partial charge in [-0.05, 0) is 31.2 Å². The number of aliphatic hydroxyl groups excluding tert-OH is 1. The molecule has 8 heteroatoms. The minimum absolute atomic E-state index is 0.109. The van der Waals surface area contributed by atoms with Gasteiger partial charge in [0.15, 0.2) is 0 Å². The van der Waals surface area contributed by atoms with Crippen molar-refractivity contribution in [3.63, 3.8) is 0 Å². The van der Waals surface area contributed by atoms with Crippen molar-refractivity contribution in [2.24, 2.45) is 0 Å². The van der Waals surface area contributed by atoms with E-state index in [1.165, 1.54) is 16.9 Å². The molecule has 0 saturated heterocycles. The average Bonchev–Trinajstić information content (AvgIpc) is 3.07. The lowest BCUT2D eigenvalue weighted by atomic mass is 10.3. The number of aromatic nitrogens is 4. The molecule has 0 unspecified atom stereocenters. The van der Waals surface area contributed by atoms with Gasteiger partial charge in [0.05, 0.1) is 13.7 Å². The zero-order valence-corrected chi connectivity index (χ0v) is 13.4. The Bertz CT molecular complexity index is 885. The smallest absolute Gasteiger partial charge is 0.275 e. The molecule has 0 fully saturated rings. The van der Waals surface area contributed by atoms with Crippen LogP contribution < -0.4 is 15.0 Å². The van der Waals surface area contributed by atoms with Crippen LogP contribution in [0.15, 0.2) is 41.5 Å². The topological polar surface area (TPSA) is 90.9 Å². The molecular weight excluding hydrogens is 312 g/mol. The first-order valence-corrected chi connectivity index (χ1v) is 7.43. The number of rotatable bonds is 6. The maximum absolute atomic E-state index is 11.8. The minimum Gasteiger partial charge on any atom is -0.497 e. The van der Waals surface area contributed by atoms with Gasteiger partial charge in [0.2, 0.25) is 5.78 Å². The van der Waals surface area contributed by atoms with Gasteiger partial charge in [0.25, 0.3) is 5.56 Å². The maximum atomic E-state index is 11.8. The van der Waals surface area contributed by atoms with E-state index in [1.54, 1.807) is 42.9 Å². The Balaban J connectivity index is 1.69. The van der Waals surface area contributed by atoms with Crippen molar-refractivity contribution >= 4 is 5.78 Å². The molecule has 0 aliphatic heterocycles. The zero-order chi connectivity index (χ0) is 17.1. The summed E-state index contributed by atoms with van der Waals surface area (Å²) < 4.78 is 13.6. The van der Waals surface area contributed by atoms with Crippen LogP contribution in [0, 0.1) is 6.92 Å². The molecule has 126 valence electrons. The van der Waals surface area contributed by atoms with E-state index in [4.69, 9.17) is 9.47 Å². The highest BCUT2D eigenvalue weighted by molar-refractivity contribution is 5.31. The number of nitrogens with zero attached hydrogens (tertiary/aromatic N) is 4. The van der Waals surface area contributed by atoms with Crippen molar-refractivity contribution in [3.05, 3.63) is 52.7 Å². The monoisotopic (exact) mass is 330 g/mol. The number of aryl methyl sites for hydroxylation is 1. The summed E-state index contributed by atoms with van der Waals surface area (Å²) in [5.74, 6) is 1.77. The van der Waals surface area contributed by atoms with Crippen LogP contribution in [0.5, 0.6) is 11.5 Å². The SMILES string of the molecule is COc1ccc(OC[C@@H](O)Cn2c(C)cc(=O)n3ncnc23)cc1. The van der Waals surface area contributed by atoms with Crippen LogP contribution in [0.3, 0.4) is 0 Å². The van der Waals surface area contributed by atoms with E-state index < -0.39 is 6.10 Å². The third-order valence-electron chi connectivity index (χ3n) is 3.63. The van der Waals surface area contributed by atoms with Crippen molar-refractivity contribution in [1.29, 1.82) is 0 Å². The normalized spacial score (nSPS) is 12.3. The van der Waals surface area contributed by atoms with E-state index in [2.05, 4.69) is 10.1 Å². The highest BCUT2D eigenvalue weighted by Gasteiger charge is 2.13. The number of hydrogen-bond donors (Lipinski definition) is 1. The predicted octanol–water partition coefficient (Wildman–Crippen LogP) is 0.648. The summed E-state index contributed by atoms with van der Waals surface area (Å²) in [5.41, 5.74) is 0.448. The van der Waals surface area contributed by atoms with Crippen LogP contribution in [-0.2, 0) is 6.54 Å². The van der Waals surface area contributed by atoms with E-state index in [9.17, 15) is 9.90 Å². The molecule has 1 aromatic carbocycles. The minimum atomic E-state index is -0.770. The van der Waals surface area contributed by atoms with Crippen LogP contribution in [0.2, 0.25) is 0 Å². The molecule has 1 N–H and O–H groups in total. The molecule has 1 atom stereocenters. The molecular formula is C16H18N4O4. The number of ether oxygens (including phenoxy) is 2. The third kappa shape index (κ3) is 3.23. The molecule has 0 spiro atoms. The Morgan fingerprint density at radius 3 is 2.67 bits per heavy atom. The molecule has 0 amide bonds. The summed E-state index contributed by atoms with van der Waals surface area (Å²) in [7, 11) is 1.59. The van der Waals surface area contributed by atoms with Crippen LogP contribution in [-0.4, -0.2) is 44.1 Å². The molecule has 3 rings (SSSR count). The molecule has 0 aliphatic carbocycles. The van der Waals surface area contributed by atoms with E-state index in [1.807, 2.05) is 0 Å². The fourth-order valence-electron chi connectivity index (χ4n) is 2.40. The van der Waals surface area contributed by atoms with Gasteiger partial charge >= 0.3 is 0 Å². The second-order valence-corrected chi connectivity index (χ2v) is 5.35. The van der Waals surface area contributed by atoms with Crippen LogP contribution >= 0.6 is 0 Å².